The zero-order chi connectivity index (χ0) is 17.1. The highest BCUT2D eigenvalue weighted by molar-refractivity contribution is 5.83. The van der Waals surface area contributed by atoms with Crippen molar-refractivity contribution in [2.45, 2.75) is 67.9 Å². The van der Waals surface area contributed by atoms with Gasteiger partial charge in [-0.15, -0.1) is 0 Å². The Morgan fingerprint density at radius 3 is 2.27 bits per heavy atom. The minimum absolute atomic E-state index is 0.627. The van der Waals surface area contributed by atoms with Crippen LogP contribution in [0.1, 0.15) is 59.6 Å². The van der Waals surface area contributed by atoms with Gasteiger partial charge in [0, 0.05) is 29.7 Å². The van der Waals surface area contributed by atoms with E-state index in [-0.39, 0.29) is 0 Å². The van der Waals surface area contributed by atoms with Gasteiger partial charge in [0.2, 0.25) is 0 Å². The zero-order valence-corrected chi connectivity index (χ0v) is 16.0. The molecule has 1 aromatic carbocycles. The van der Waals surface area contributed by atoms with Crippen LogP contribution in [0.2, 0.25) is 0 Å². The molecule has 0 atom stereocenters. The Morgan fingerprint density at radius 1 is 1.09 bits per heavy atom. The van der Waals surface area contributed by atoms with Crippen molar-refractivity contribution in [2.75, 3.05) is 13.1 Å². The van der Waals surface area contributed by atoms with Crippen LogP contribution < -0.4 is 0 Å². The second-order valence-electron chi connectivity index (χ2n) is 5.34. The smallest absolute Gasteiger partial charge is 0.0456 e. The molecule has 0 aliphatic rings. The molecule has 0 aliphatic carbocycles. The number of aromatic amines is 1. The molecular weight excluding hydrogens is 268 g/mol. The third kappa shape index (κ3) is 5.84. The van der Waals surface area contributed by atoms with Gasteiger partial charge in [0.25, 0.3) is 0 Å². The first-order chi connectivity index (χ1) is 10.6. The Hall–Kier alpha value is -1.28. The molecule has 1 aromatic heterocycles. The highest BCUT2D eigenvalue weighted by Gasteiger charge is 2.09. The number of benzene rings is 1. The SMILES string of the molecule is CC.CC.CCN(CCc1c[nH]c2ccc(C)cc12)C(C)C. The molecule has 0 radical (unpaired) electrons. The minimum atomic E-state index is 0.627. The summed E-state index contributed by atoms with van der Waals surface area (Å²) in [4.78, 5) is 5.88. The first-order valence-electron chi connectivity index (χ1n) is 8.92. The summed E-state index contributed by atoms with van der Waals surface area (Å²) >= 11 is 0. The van der Waals surface area contributed by atoms with Crippen molar-refractivity contribution in [1.29, 1.82) is 0 Å². The van der Waals surface area contributed by atoms with Gasteiger partial charge < -0.3 is 9.88 Å². The Bertz CT molecular complexity index is 511. The first-order valence-corrected chi connectivity index (χ1v) is 8.92. The summed E-state index contributed by atoms with van der Waals surface area (Å²) in [5.41, 5.74) is 4.02. The normalized spacial score (nSPS) is 10.3. The highest BCUT2D eigenvalue weighted by atomic mass is 15.1. The quantitative estimate of drug-likeness (QED) is 0.739. The van der Waals surface area contributed by atoms with E-state index in [1.165, 1.54) is 22.0 Å². The Labute approximate surface area is 137 Å². The molecule has 0 saturated heterocycles. The molecule has 1 heterocycles. The summed E-state index contributed by atoms with van der Waals surface area (Å²) in [5, 5.41) is 1.38. The van der Waals surface area contributed by atoms with E-state index in [1.54, 1.807) is 0 Å². The fourth-order valence-corrected chi connectivity index (χ4v) is 2.54. The number of rotatable bonds is 5. The maximum absolute atomic E-state index is 3.37. The van der Waals surface area contributed by atoms with E-state index in [0.717, 1.165) is 19.5 Å². The lowest BCUT2D eigenvalue weighted by Gasteiger charge is -2.24. The van der Waals surface area contributed by atoms with Gasteiger partial charge in [-0.1, -0.05) is 46.2 Å². The van der Waals surface area contributed by atoms with Crippen molar-refractivity contribution in [2.24, 2.45) is 0 Å². The monoisotopic (exact) mass is 304 g/mol. The molecule has 126 valence electrons. The van der Waals surface area contributed by atoms with Gasteiger partial charge in [0.1, 0.15) is 0 Å². The largest absolute Gasteiger partial charge is 0.361 e. The van der Waals surface area contributed by atoms with Gasteiger partial charge in [-0.3, -0.25) is 0 Å². The number of aryl methyl sites for hydroxylation is 1. The Kier molecular flexibility index (Phi) is 10.7. The predicted octanol–water partition coefficient (Wildman–Crippen LogP) is 5.80. The Balaban J connectivity index is 0.00000102. The molecule has 0 fully saturated rings. The van der Waals surface area contributed by atoms with Crippen LogP contribution in [-0.2, 0) is 6.42 Å². The standard InChI is InChI=1S/C16H24N2.2C2H6/c1-5-18(12(2)3)9-8-14-11-17-16-7-6-13(4)10-15(14)16;2*1-2/h6-7,10-12,17H,5,8-9H2,1-4H3;2*1-2H3. The molecule has 22 heavy (non-hydrogen) atoms. The summed E-state index contributed by atoms with van der Waals surface area (Å²) in [6, 6.07) is 7.25. The van der Waals surface area contributed by atoms with Gasteiger partial charge in [-0.25, -0.2) is 0 Å². The molecule has 0 amide bonds. The molecule has 0 aliphatic heterocycles. The second-order valence-corrected chi connectivity index (χ2v) is 5.34. The van der Waals surface area contributed by atoms with E-state index in [1.807, 2.05) is 27.7 Å². The van der Waals surface area contributed by atoms with Crippen LogP contribution in [-0.4, -0.2) is 29.0 Å². The van der Waals surface area contributed by atoms with Gasteiger partial charge in [0.15, 0.2) is 0 Å². The summed E-state index contributed by atoms with van der Waals surface area (Å²) < 4.78 is 0. The number of nitrogens with one attached hydrogen (secondary N) is 1. The summed E-state index contributed by atoms with van der Waals surface area (Å²) in [5.74, 6) is 0. The predicted molar refractivity (Wildman–Crippen MR) is 102 cm³/mol. The van der Waals surface area contributed by atoms with Crippen LogP contribution >= 0.6 is 0 Å². The fraction of sp³-hybridized carbons (Fsp3) is 0.600. The van der Waals surface area contributed by atoms with Crippen molar-refractivity contribution in [3.05, 3.63) is 35.5 Å². The maximum Gasteiger partial charge on any atom is 0.0456 e. The summed E-state index contributed by atoms with van der Waals surface area (Å²) in [6.07, 6.45) is 3.29. The molecule has 0 saturated carbocycles. The molecule has 0 unspecified atom stereocenters. The molecule has 0 bridgehead atoms. The molecule has 2 rings (SSSR count). The molecule has 1 N–H and O–H groups in total. The van der Waals surface area contributed by atoms with Gasteiger partial charge in [-0.2, -0.15) is 0 Å². The van der Waals surface area contributed by atoms with Crippen LogP contribution in [0.4, 0.5) is 0 Å². The van der Waals surface area contributed by atoms with Gasteiger partial charge in [-0.05, 0) is 51.4 Å². The van der Waals surface area contributed by atoms with Crippen LogP contribution in [0.25, 0.3) is 10.9 Å². The topological polar surface area (TPSA) is 19.0 Å². The van der Waals surface area contributed by atoms with Gasteiger partial charge >= 0.3 is 0 Å². The first kappa shape index (κ1) is 20.7. The maximum atomic E-state index is 3.37. The molecular formula is C20H36N2. The summed E-state index contributed by atoms with van der Waals surface area (Å²) in [6.45, 7) is 19.2. The van der Waals surface area contributed by atoms with Crippen molar-refractivity contribution in [3.63, 3.8) is 0 Å². The van der Waals surface area contributed by atoms with Crippen LogP contribution in [0, 0.1) is 6.92 Å². The number of likely N-dealkylation sites (N-methyl/N-ethyl adjacent to an activating group) is 1. The van der Waals surface area contributed by atoms with E-state index < -0.39 is 0 Å². The van der Waals surface area contributed by atoms with Crippen molar-refractivity contribution in [3.8, 4) is 0 Å². The number of aromatic nitrogens is 1. The van der Waals surface area contributed by atoms with E-state index in [4.69, 9.17) is 0 Å². The van der Waals surface area contributed by atoms with Crippen molar-refractivity contribution < 1.29 is 0 Å². The number of H-pyrrole nitrogens is 1. The molecule has 2 heteroatoms. The lowest BCUT2D eigenvalue weighted by Crippen LogP contribution is -2.32. The molecule has 2 nitrogen and oxygen atoms in total. The second kappa shape index (κ2) is 11.3. The van der Waals surface area contributed by atoms with Gasteiger partial charge in [0.05, 0.1) is 0 Å². The van der Waals surface area contributed by atoms with Crippen LogP contribution in [0.15, 0.2) is 24.4 Å². The third-order valence-corrected chi connectivity index (χ3v) is 3.73. The third-order valence-electron chi connectivity index (χ3n) is 3.73. The lowest BCUT2D eigenvalue weighted by atomic mass is 10.1. The molecule has 0 spiro atoms. The lowest BCUT2D eigenvalue weighted by molar-refractivity contribution is 0.237. The minimum Gasteiger partial charge on any atom is -0.361 e. The number of hydrogen-bond acceptors (Lipinski definition) is 1. The number of hydrogen-bond donors (Lipinski definition) is 1. The van der Waals surface area contributed by atoms with E-state index >= 15 is 0 Å². The average molecular weight is 305 g/mol. The number of fused-ring (bicyclic) bond motifs is 1. The molecule has 2 aromatic rings. The van der Waals surface area contributed by atoms with Crippen LogP contribution in [0.3, 0.4) is 0 Å². The average Bonchev–Trinajstić information content (AvgIpc) is 2.94. The van der Waals surface area contributed by atoms with E-state index in [9.17, 15) is 0 Å². The fourth-order valence-electron chi connectivity index (χ4n) is 2.54. The highest BCUT2D eigenvalue weighted by Crippen LogP contribution is 2.20. The van der Waals surface area contributed by atoms with Crippen LogP contribution in [0.5, 0.6) is 0 Å². The zero-order valence-electron chi connectivity index (χ0n) is 16.0. The van der Waals surface area contributed by atoms with E-state index in [2.05, 4.69) is 62.0 Å². The van der Waals surface area contributed by atoms with Crippen molar-refractivity contribution in [1.82, 2.24) is 9.88 Å². The van der Waals surface area contributed by atoms with E-state index in [0.29, 0.717) is 6.04 Å². The van der Waals surface area contributed by atoms with Crippen molar-refractivity contribution >= 4 is 10.9 Å². The number of nitrogens with zero attached hydrogens (tertiary/aromatic N) is 1. The Morgan fingerprint density at radius 2 is 1.73 bits per heavy atom. The summed E-state index contributed by atoms with van der Waals surface area (Å²) in [7, 11) is 0.